The highest BCUT2D eigenvalue weighted by Gasteiger charge is 2.16. The lowest BCUT2D eigenvalue weighted by Crippen LogP contribution is -2.33. The SMILES string of the molecule is O=C(Cc1ccc([C@H]2CNCCO2)cc1)c1cnc(Cl)c(Cl)c1. The number of ketones is 1. The number of carbonyl (C=O) groups excluding carboxylic acids is 1. The van der Waals surface area contributed by atoms with Gasteiger partial charge in [0.15, 0.2) is 5.78 Å². The molecule has 4 nitrogen and oxygen atoms in total. The highest BCUT2D eigenvalue weighted by Crippen LogP contribution is 2.22. The van der Waals surface area contributed by atoms with Crippen molar-refractivity contribution >= 4 is 29.0 Å². The van der Waals surface area contributed by atoms with Gasteiger partial charge in [-0.3, -0.25) is 4.79 Å². The fourth-order valence-corrected chi connectivity index (χ4v) is 2.76. The second-order valence-corrected chi connectivity index (χ2v) is 6.17. The van der Waals surface area contributed by atoms with Gasteiger partial charge in [-0.2, -0.15) is 0 Å². The standard InChI is InChI=1S/C17H16Cl2N2O2/c18-14-8-13(9-21-17(14)19)15(22)7-11-1-3-12(4-2-11)16-10-20-5-6-23-16/h1-4,8-9,16,20H,5-7,10H2/t16-/m1/s1. The largest absolute Gasteiger partial charge is 0.371 e. The average Bonchev–Trinajstić information content (AvgIpc) is 2.59. The average molecular weight is 351 g/mol. The van der Waals surface area contributed by atoms with Gasteiger partial charge >= 0.3 is 0 Å². The molecule has 2 heterocycles. The lowest BCUT2D eigenvalue weighted by molar-refractivity contribution is 0.0277. The number of morpholine rings is 1. The van der Waals surface area contributed by atoms with Gasteiger partial charge < -0.3 is 10.1 Å². The van der Waals surface area contributed by atoms with Gasteiger partial charge in [-0.05, 0) is 17.2 Å². The number of nitrogens with zero attached hydrogens (tertiary/aromatic N) is 1. The Labute approximate surface area is 144 Å². The maximum atomic E-state index is 12.3. The van der Waals surface area contributed by atoms with E-state index < -0.39 is 0 Å². The number of benzene rings is 1. The van der Waals surface area contributed by atoms with Crippen molar-refractivity contribution in [1.82, 2.24) is 10.3 Å². The molecule has 1 aromatic carbocycles. The van der Waals surface area contributed by atoms with Crippen LogP contribution in [-0.2, 0) is 11.2 Å². The Balaban J connectivity index is 1.67. The number of nitrogens with one attached hydrogen (secondary N) is 1. The summed E-state index contributed by atoms with van der Waals surface area (Å²) in [4.78, 5) is 16.2. The fourth-order valence-electron chi connectivity index (χ4n) is 2.49. The molecule has 1 aliphatic rings. The van der Waals surface area contributed by atoms with Gasteiger partial charge in [0, 0.05) is 31.3 Å². The topological polar surface area (TPSA) is 51.2 Å². The van der Waals surface area contributed by atoms with Gasteiger partial charge in [-0.1, -0.05) is 47.5 Å². The lowest BCUT2D eigenvalue weighted by atomic mass is 10.0. The normalized spacial score (nSPS) is 17.9. The van der Waals surface area contributed by atoms with Crippen LogP contribution in [0.15, 0.2) is 36.5 Å². The van der Waals surface area contributed by atoms with Crippen molar-refractivity contribution in [3.8, 4) is 0 Å². The molecule has 3 rings (SSSR count). The molecule has 23 heavy (non-hydrogen) atoms. The molecule has 2 aromatic rings. The van der Waals surface area contributed by atoms with Gasteiger partial charge in [-0.25, -0.2) is 4.98 Å². The maximum Gasteiger partial charge on any atom is 0.168 e. The Hall–Kier alpha value is -1.46. The van der Waals surface area contributed by atoms with E-state index in [0.29, 0.717) is 12.0 Å². The number of carbonyl (C=O) groups is 1. The summed E-state index contributed by atoms with van der Waals surface area (Å²) in [7, 11) is 0. The zero-order chi connectivity index (χ0) is 16.2. The van der Waals surface area contributed by atoms with Crippen LogP contribution >= 0.6 is 23.2 Å². The molecule has 1 atom stereocenters. The van der Waals surface area contributed by atoms with Gasteiger partial charge in [0.1, 0.15) is 5.15 Å². The summed E-state index contributed by atoms with van der Waals surface area (Å²) in [5.74, 6) is -0.0422. The van der Waals surface area contributed by atoms with E-state index in [0.717, 1.165) is 30.8 Å². The van der Waals surface area contributed by atoms with Crippen LogP contribution < -0.4 is 5.32 Å². The zero-order valence-corrected chi connectivity index (χ0v) is 13.9. The molecule has 1 aliphatic heterocycles. The van der Waals surface area contributed by atoms with Crippen molar-refractivity contribution in [3.63, 3.8) is 0 Å². The Bertz CT molecular complexity index is 698. The van der Waals surface area contributed by atoms with Gasteiger partial charge in [0.25, 0.3) is 0 Å². The first-order chi connectivity index (χ1) is 11.1. The molecule has 1 saturated heterocycles. The van der Waals surface area contributed by atoms with Crippen LogP contribution in [0.2, 0.25) is 10.2 Å². The molecule has 0 spiro atoms. The van der Waals surface area contributed by atoms with Crippen LogP contribution in [-0.4, -0.2) is 30.5 Å². The minimum absolute atomic E-state index is 0.0422. The fraction of sp³-hybridized carbons (Fsp3) is 0.294. The highest BCUT2D eigenvalue weighted by molar-refractivity contribution is 6.41. The van der Waals surface area contributed by atoms with E-state index in [4.69, 9.17) is 27.9 Å². The number of pyridine rings is 1. The third-order valence-electron chi connectivity index (χ3n) is 3.76. The zero-order valence-electron chi connectivity index (χ0n) is 12.4. The second kappa shape index (κ2) is 7.41. The van der Waals surface area contributed by atoms with Crippen molar-refractivity contribution in [1.29, 1.82) is 0 Å². The van der Waals surface area contributed by atoms with Crippen LogP contribution in [0.25, 0.3) is 0 Å². The highest BCUT2D eigenvalue weighted by atomic mass is 35.5. The van der Waals surface area contributed by atoms with Crippen LogP contribution in [0, 0.1) is 0 Å². The smallest absolute Gasteiger partial charge is 0.168 e. The van der Waals surface area contributed by atoms with Crippen molar-refractivity contribution in [2.24, 2.45) is 0 Å². The molecule has 0 unspecified atom stereocenters. The first-order valence-electron chi connectivity index (χ1n) is 7.39. The number of hydrogen-bond acceptors (Lipinski definition) is 4. The molecule has 6 heteroatoms. The third kappa shape index (κ3) is 4.09. The van der Waals surface area contributed by atoms with E-state index in [2.05, 4.69) is 10.3 Å². The minimum atomic E-state index is -0.0422. The van der Waals surface area contributed by atoms with Gasteiger partial charge in [0.2, 0.25) is 0 Å². The first-order valence-corrected chi connectivity index (χ1v) is 8.14. The third-order valence-corrected chi connectivity index (χ3v) is 4.45. The first kappa shape index (κ1) is 16.4. The Kier molecular flexibility index (Phi) is 5.28. The van der Waals surface area contributed by atoms with Crippen LogP contribution in [0.3, 0.4) is 0 Å². The van der Waals surface area contributed by atoms with Gasteiger partial charge in [-0.15, -0.1) is 0 Å². The lowest BCUT2D eigenvalue weighted by Gasteiger charge is -2.24. The quantitative estimate of drug-likeness (QED) is 0.677. The summed E-state index contributed by atoms with van der Waals surface area (Å²) >= 11 is 11.7. The maximum absolute atomic E-state index is 12.3. The summed E-state index contributed by atoms with van der Waals surface area (Å²) in [6.07, 6.45) is 1.82. The summed E-state index contributed by atoms with van der Waals surface area (Å²) in [5.41, 5.74) is 2.52. The van der Waals surface area contributed by atoms with E-state index in [1.807, 2.05) is 24.3 Å². The summed E-state index contributed by atoms with van der Waals surface area (Å²) in [5, 5.41) is 3.79. The van der Waals surface area contributed by atoms with Crippen molar-refractivity contribution in [2.45, 2.75) is 12.5 Å². The molecule has 0 aliphatic carbocycles. The molecule has 0 bridgehead atoms. The van der Waals surface area contributed by atoms with Crippen LogP contribution in [0.4, 0.5) is 0 Å². The molecule has 120 valence electrons. The number of Topliss-reactive ketones (excluding diaryl/α,β-unsaturated/α-hetero) is 1. The number of hydrogen-bond donors (Lipinski definition) is 1. The Morgan fingerprint density at radius 3 is 2.74 bits per heavy atom. The number of ether oxygens (including phenoxy) is 1. The predicted molar refractivity (Wildman–Crippen MR) is 90.3 cm³/mol. The van der Waals surface area contributed by atoms with Crippen molar-refractivity contribution < 1.29 is 9.53 Å². The molecule has 1 fully saturated rings. The van der Waals surface area contributed by atoms with Gasteiger partial charge in [0.05, 0.1) is 17.7 Å². The number of aromatic nitrogens is 1. The number of halogens is 2. The Morgan fingerprint density at radius 1 is 1.30 bits per heavy atom. The minimum Gasteiger partial charge on any atom is -0.371 e. The molecule has 0 amide bonds. The van der Waals surface area contributed by atoms with E-state index >= 15 is 0 Å². The molecule has 0 saturated carbocycles. The summed E-state index contributed by atoms with van der Waals surface area (Å²) < 4.78 is 5.71. The molecule has 0 radical (unpaired) electrons. The van der Waals surface area contributed by atoms with E-state index in [1.54, 1.807) is 6.07 Å². The monoisotopic (exact) mass is 350 g/mol. The summed E-state index contributed by atoms with van der Waals surface area (Å²) in [6.45, 7) is 2.42. The van der Waals surface area contributed by atoms with E-state index in [-0.39, 0.29) is 22.1 Å². The number of rotatable bonds is 4. The molecule has 1 aromatic heterocycles. The Morgan fingerprint density at radius 2 is 2.09 bits per heavy atom. The van der Waals surface area contributed by atoms with Crippen LogP contribution in [0.1, 0.15) is 27.6 Å². The van der Waals surface area contributed by atoms with Crippen LogP contribution in [0.5, 0.6) is 0 Å². The van der Waals surface area contributed by atoms with E-state index in [1.165, 1.54) is 6.20 Å². The van der Waals surface area contributed by atoms with E-state index in [9.17, 15) is 4.79 Å². The second-order valence-electron chi connectivity index (χ2n) is 5.40. The molecular formula is C17H16Cl2N2O2. The predicted octanol–water partition coefficient (Wildman–Crippen LogP) is 3.47. The molecular weight excluding hydrogens is 335 g/mol. The summed E-state index contributed by atoms with van der Waals surface area (Å²) in [6, 6.07) is 9.47. The molecule has 1 N–H and O–H groups in total. The van der Waals surface area contributed by atoms with Crippen molar-refractivity contribution in [2.75, 3.05) is 19.7 Å². The van der Waals surface area contributed by atoms with Crippen molar-refractivity contribution in [3.05, 3.63) is 63.4 Å².